The molecule has 0 spiro atoms. The molecule has 2 heterocycles. The molecule has 21 heavy (non-hydrogen) atoms. The molecule has 1 N–H and O–H groups in total. The number of thioether (sulfide) groups is 1. The molecule has 0 saturated heterocycles. The summed E-state index contributed by atoms with van der Waals surface area (Å²) in [5, 5.41) is 3.53. The van der Waals surface area contributed by atoms with Crippen LogP contribution in [0.1, 0.15) is 38.0 Å². The van der Waals surface area contributed by atoms with Crippen LogP contribution < -0.4 is 5.32 Å². The number of thiophene rings is 1. The molecule has 0 aliphatic carbocycles. The summed E-state index contributed by atoms with van der Waals surface area (Å²) in [6.45, 7) is 4.45. The van der Waals surface area contributed by atoms with E-state index in [2.05, 4.69) is 62.2 Å². The zero-order valence-corrected chi connectivity index (χ0v) is 14.7. The van der Waals surface area contributed by atoms with Crippen molar-refractivity contribution in [1.82, 2.24) is 5.32 Å². The Kier molecular flexibility index (Phi) is 4.72. The molecule has 112 valence electrons. The Hall–Kier alpha value is -0.770. The maximum atomic E-state index is 3.53. The molecule has 0 fully saturated rings. The van der Waals surface area contributed by atoms with Crippen LogP contribution in [0.3, 0.4) is 0 Å². The monoisotopic (exact) mass is 317 g/mol. The van der Waals surface area contributed by atoms with Crippen molar-refractivity contribution in [2.45, 2.75) is 38.5 Å². The van der Waals surface area contributed by atoms with Gasteiger partial charge in [-0.05, 0) is 67.8 Å². The van der Waals surface area contributed by atoms with Gasteiger partial charge < -0.3 is 5.32 Å². The van der Waals surface area contributed by atoms with Gasteiger partial charge in [-0.2, -0.15) is 11.8 Å². The average molecular weight is 318 g/mol. The van der Waals surface area contributed by atoms with E-state index in [0.717, 1.165) is 6.42 Å². The predicted molar refractivity (Wildman–Crippen MR) is 95.6 cm³/mol. The molecule has 3 heteroatoms. The second-order valence-electron chi connectivity index (χ2n) is 5.82. The van der Waals surface area contributed by atoms with E-state index in [-0.39, 0.29) is 0 Å². The van der Waals surface area contributed by atoms with Gasteiger partial charge in [0.1, 0.15) is 0 Å². The summed E-state index contributed by atoms with van der Waals surface area (Å²) in [4.78, 5) is 3.12. The number of benzene rings is 1. The summed E-state index contributed by atoms with van der Waals surface area (Å²) >= 11 is 4.09. The Bertz CT molecular complexity index is 586. The lowest BCUT2D eigenvalue weighted by molar-refractivity contribution is 0.599. The fraction of sp³-hybridized carbons (Fsp3) is 0.444. The molecule has 0 radical (unpaired) electrons. The van der Waals surface area contributed by atoms with Crippen molar-refractivity contribution in [1.29, 1.82) is 0 Å². The minimum absolute atomic E-state index is 0.436. The number of likely N-dealkylation sites (N-methyl/N-ethyl adjacent to an activating group) is 1. The Balaban J connectivity index is 1.87. The van der Waals surface area contributed by atoms with Crippen molar-refractivity contribution in [3.8, 4) is 0 Å². The number of hydrogen-bond acceptors (Lipinski definition) is 3. The Morgan fingerprint density at radius 3 is 2.67 bits per heavy atom. The van der Waals surface area contributed by atoms with Gasteiger partial charge in [-0.25, -0.2) is 0 Å². The lowest BCUT2D eigenvalue weighted by atomic mass is 9.95. The van der Waals surface area contributed by atoms with Crippen LogP contribution >= 0.6 is 23.1 Å². The van der Waals surface area contributed by atoms with Crippen LogP contribution in [-0.2, 0) is 18.6 Å². The first kappa shape index (κ1) is 15.1. The number of rotatable bonds is 4. The van der Waals surface area contributed by atoms with Gasteiger partial charge in [0.15, 0.2) is 0 Å². The van der Waals surface area contributed by atoms with E-state index >= 15 is 0 Å². The van der Waals surface area contributed by atoms with Gasteiger partial charge >= 0.3 is 0 Å². The van der Waals surface area contributed by atoms with Crippen LogP contribution in [0.2, 0.25) is 0 Å². The molecule has 1 aliphatic heterocycles. The molecule has 0 saturated carbocycles. The highest BCUT2D eigenvalue weighted by molar-refractivity contribution is 7.98. The van der Waals surface area contributed by atoms with Crippen LogP contribution in [-0.4, -0.2) is 12.8 Å². The van der Waals surface area contributed by atoms with Gasteiger partial charge in [0.2, 0.25) is 0 Å². The molecular weight excluding hydrogens is 294 g/mol. The van der Waals surface area contributed by atoms with Crippen LogP contribution in [0.15, 0.2) is 24.3 Å². The first-order valence-corrected chi connectivity index (χ1v) is 9.57. The second kappa shape index (κ2) is 6.55. The minimum Gasteiger partial charge on any atom is -0.312 e. The van der Waals surface area contributed by atoms with Crippen molar-refractivity contribution in [2.24, 2.45) is 0 Å². The summed E-state index contributed by atoms with van der Waals surface area (Å²) in [7, 11) is 2.09. The average Bonchev–Trinajstić information content (AvgIpc) is 2.90. The molecule has 0 amide bonds. The molecule has 0 bridgehead atoms. The molecule has 1 aromatic carbocycles. The highest BCUT2D eigenvalue weighted by atomic mass is 32.2. The van der Waals surface area contributed by atoms with Crippen LogP contribution in [0.25, 0.3) is 0 Å². The topological polar surface area (TPSA) is 12.0 Å². The van der Waals surface area contributed by atoms with E-state index in [4.69, 9.17) is 0 Å². The van der Waals surface area contributed by atoms with Gasteiger partial charge in [0, 0.05) is 21.5 Å². The van der Waals surface area contributed by atoms with Gasteiger partial charge in [0.25, 0.3) is 0 Å². The molecule has 2 aromatic rings. The van der Waals surface area contributed by atoms with E-state index < -0.39 is 0 Å². The summed E-state index contributed by atoms with van der Waals surface area (Å²) in [6.07, 6.45) is 2.34. The van der Waals surface area contributed by atoms with E-state index in [1.165, 1.54) is 39.5 Å². The fourth-order valence-electron chi connectivity index (χ4n) is 3.06. The normalized spacial score (nSPS) is 15.8. The summed E-state index contributed by atoms with van der Waals surface area (Å²) in [5.41, 5.74) is 5.89. The molecule has 3 rings (SSSR count). The van der Waals surface area contributed by atoms with Crippen LogP contribution in [0.4, 0.5) is 0 Å². The third-order valence-corrected chi connectivity index (χ3v) is 6.75. The third-order valence-electron chi connectivity index (χ3n) is 4.39. The Morgan fingerprint density at radius 1 is 1.24 bits per heavy atom. The predicted octanol–water partition coefficient (Wildman–Crippen LogP) is 4.66. The SMILES string of the molecule is CNC(Cc1c(C)cccc1C)c1cc2c(s1)CCSC2. The van der Waals surface area contributed by atoms with E-state index in [1.54, 1.807) is 10.4 Å². The second-order valence-corrected chi connectivity index (χ2v) is 8.09. The number of fused-ring (bicyclic) bond motifs is 1. The first-order valence-electron chi connectivity index (χ1n) is 7.60. The maximum absolute atomic E-state index is 3.53. The zero-order valence-electron chi connectivity index (χ0n) is 13.0. The molecule has 1 aliphatic rings. The largest absolute Gasteiger partial charge is 0.312 e. The third kappa shape index (κ3) is 3.20. The standard InChI is InChI=1S/C18H23NS2/c1-12-5-4-6-13(2)15(12)10-16(19-3)18-9-14-11-20-8-7-17(14)21-18/h4-6,9,16,19H,7-8,10-11H2,1-3H3. The zero-order chi connectivity index (χ0) is 14.8. The molecular formula is C18H23NS2. The van der Waals surface area contributed by atoms with Gasteiger partial charge in [-0.1, -0.05) is 18.2 Å². The quantitative estimate of drug-likeness (QED) is 0.880. The van der Waals surface area contributed by atoms with Crippen molar-refractivity contribution in [2.75, 3.05) is 12.8 Å². The van der Waals surface area contributed by atoms with Crippen molar-refractivity contribution in [3.05, 3.63) is 56.3 Å². The Labute approximate surface area is 136 Å². The molecule has 1 unspecified atom stereocenters. The highest BCUT2D eigenvalue weighted by Crippen LogP contribution is 2.35. The number of nitrogens with one attached hydrogen (secondary N) is 1. The van der Waals surface area contributed by atoms with Crippen molar-refractivity contribution in [3.63, 3.8) is 0 Å². The highest BCUT2D eigenvalue weighted by Gasteiger charge is 2.19. The van der Waals surface area contributed by atoms with Gasteiger partial charge in [-0.15, -0.1) is 11.3 Å². The fourth-order valence-corrected chi connectivity index (χ4v) is 5.55. The number of aryl methyl sites for hydroxylation is 3. The van der Waals surface area contributed by atoms with Crippen molar-refractivity contribution < 1.29 is 0 Å². The van der Waals surface area contributed by atoms with E-state index in [0.29, 0.717) is 6.04 Å². The first-order chi connectivity index (χ1) is 10.2. The van der Waals surface area contributed by atoms with Gasteiger partial charge in [0.05, 0.1) is 0 Å². The molecule has 1 nitrogen and oxygen atoms in total. The minimum atomic E-state index is 0.436. The maximum Gasteiger partial charge on any atom is 0.0453 e. The van der Waals surface area contributed by atoms with E-state index in [1.807, 2.05) is 11.3 Å². The van der Waals surface area contributed by atoms with Crippen LogP contribution in [0, 0.1) is 13.8 Å². The van der Waals surface area contributed by atoms with Crippen LogP contribution in [0.5, 0.6) is 0 Å². The summed E-state index contributed by atoms with van der Waals surface area (Å²) in [6, 6.07) is 9.49. The number of hydrogen-bond donors (Lipinski definition) is 1. The van der Waals surface area contributed by atoms with Crippen molar-refractivity contribution >= 4 is 23.1 Å². The molecule has 1 atom stereocenters. The lowest BCUT2D eigenvalue weighted by Crippen LogP contribution is -2.18. The Morgan fingerprint density at radius 2 is 2.00 bits per heavy atom. The summed E-state index contributed by atoms with van der Waals surface area (Å²) < 4.78 is 0. The summed E-state index contributed by atoms with van der Waals surface area (Å²) in [5.74, 6) is 2.49. The smallest absolute Gasteiger partial charge is 0.0453 e. The van der Waals surface area contributed by atoms with E-state index in [9.17, 15) is 0 Å². The van der Waals surface area contributed by atoms with Gasteiger partial charge in [-0.3, -0.25) is 0 Å². The molecule has 1 aromatic heterocycles. The lowest BCUT2D eigenvalue weighted by Gasteiger charge is -2.18.